The maximum absolute atomic E-state index is 12.2. The van der Waals surface area contributed by atoms with E-state index in [4.69, 9.17) is 4.74 Å². The fraction of sp³-hybridized carbons (Fsp3) is 0.167. The van der Waals surface area contributed by atoms with Crippen molar-refractivity contribution >= 4 is 49.3 Å². The van der Waals surface area contributed by atoms with Gasteiger partial charge in [0.15, 0.2) is 6.61 Å². The second kappa shape index (κ2) is 9.58. The van der Waals surface area contributed by atoms with Gasteiger partial charge in [0.05, 0.1) is 4.90 Å². The maximum atomic E-state index is 12.2. The van der Waals surface area contributed by atoms with Gasteiger partial charge in [-0.2, -0.15) is 4.72 Å². The van der Waals surface area contributed by atoms with Crippen molar-refractivity contribution in [3.63, 3.8) is 0 Å². The SMILES string of the molecule is CC(=O)Nc1ccc(S(=O)(=O)NCC(=O)OCC(=O)c2ccccc2Br)cc1. The van der Waals surface area contributed by atoms with E-state index < -0.39 is 34.9 Å². The smallest absolute Gasteiger partial charge is 0.321 e. The van der Waals surface area contributed by atoms with Crippen molar-refractivity contribution in [3.05, 3.63) is 58.6 Å². The van der Waals surface area contributed by atoms with Crippen molar-refractivity contribution in [2.24, 2.45) is 0 Å². The molecule has 0 saturated carbocycles. The number of halogens is 1. The Morgan fingerprint density at radius 2 is 1.68 bits per heavy atom. The molecule has 2 N–H and O–H groups in total. The maximum Gasteiger partial charge on any atom is 0.321 e. The van der Waals surface area contributed by atoms with E-state index in [0.717, 1.165) is 0 Å². The number of benzene rings is 2. The van der Waals surface area contributed by atoms with Gasteiger partial charge in [-0.3, -0.25) is 14.4 Å². The van der Waals surface area contributed by atoms with Crippen molar-refractivity contribution in [2.45, 2.75) is 11.8 Å². The topological polar surface area (TPSA) is 119 Å². The van der Waals surface area contributed by atoms with Gasteiger partial charge in [0, 0.05) is 22.6 Å². The van der Waals surface area contributed by atoms with Crippen LogP contribution in [0.25, 0.3) is 0 Å². The predicted octanol–water partition coefficient (Wildman–Crippen LogP) is 2.11. The molecule has 0 unspecified atom stereocenters. The van der Waals surface area contributed by atoms with Crippen molar-refractivity contribution in [1.82, 2.24) is 4.72 Å². The number of anilines is 1. The van der Waals surface area contributed by atoms with Crippen LogP contribution in [-0.4, -0.2) is 39.2 Å². The van der Waals surface area contributed by atoms with Gasteiger partial charge < -0.3 is 10.1 Å². The lowest BCUT2D eigenvalue weighted by atomic mass is 10.1. The number of hydrogen-bond acceptors (Lipinski definition) is 6. The number of carbonyl (C=O) groups is 3. The highest BCUT2D eigenvalue weighted by Crippen LogP contribution is 2.16. The highest BCUT2D eigenvalue weighted by molar-refractivity contribution is 9.10. The van der Waals surface area contributed by atoms with Crippen LogP contribution in [0, 0.1) is 0 Å². The fourth-order valence-electron chi connectivity index (χ4n) is 2.12. The number of rotatable bonds is 8. The lowest BCUT2D eigenvalue weighted by Crippen LogP contribution is -2.31. The van der Waals surface area contributed by atoms with Crippen LogP contribution in [0.2, 0.25) is 0 Å². The second-order valence-corrected chi connectivity index (χ2v) is 8.22. The minimum Gasteiger partial charge on any atom is -0.456 e. The van der Waals surface area contributed by atoms with E-state index in [1.165, 1.54) is 31.2 Å². The summed E-state index contributed by atoms with van der Waals surface area (Å²) in [7, 11) is -3.95. The molecule has 28 heavy (non-hydrogen) atoms. The molecule has 0 fully saturated rings. The Labute approximate surface area is 170 Å². The number of carbonyl (C=O) groups excluding carboxylic acids is 3. The number of hydrogen-bond donors (Lipinski definition) is 2. The van der Waals surface area contributed by atoms with E-state index in [2.05, 4.69) is 26.0 Å². The first-order valence-electron chi connectivity index (χ1n) is 8.00. The number of ether oxygens (including phenoxy) is 1. The molecule has 0 bridgehead atoms. The van der Waals surface area contributed by atoms with Gasteiger partial charge in [-0.1, -0.05) is 34.1 Å². The normalized spacial score (nSPS) is 10.9. The number of Topliss-reactive ketones (excluding diaryl/α,β-unsaturated/α-hetero) is 1. The molecule has 2 aromatic carbocycles. The third-order valence-corrected chi connectivity index (χ3v) is 5.54. The average molecular weight is 469 g/mol. The molecular formula is C18H17BrN2O6S. The van der Waals surface area contributed by atoms with Gasteiger partial charge >= 0.3 is 5.97 Å². The van der Waals surface area contributed by atoms with E-state index in [1.807, 2.05) is 0 Å². The molecule has 0 atom stereocenters. The highest BCUT2D eigenvalue weighted by Gasteiger charge is 2.17. The molecular weight excluding hydrogens is 452 g/mol. The summed E-state index contributed by atoms with van der Waals surface area (Å²) in [6.07, 6.45) is 0. The van der Waals surface area contributed by atoms with E-state index in [9.17, 15) is 22.8 Å². The summed E-state index contributed by atoms with van der Waals surface area (Å²) in [6.45, 7) is 0.201. The van der Waals surface area contributed by atoms with E-state index >= 15 is 0 Å². The molecule has 0 aliphatic carbocycles. The number of ketones is 1. The van der Waals surface area contributed by atoms with Crippen LogP contribution in [0.5, 0.6) is 0 Å². The quantitative estimate of drug-likeness (QED) is 0.452. The summed E-state index contributed by atoms with van der Waals surface area (Å²) in [5.74, 6) is -1.59. The van der Waals surface area contributed by atoms with Crippen LogP contribution in [0.15, 0.2) is 57.9 Å². The van der Waals surface area contributed by atoms with E-state index in [-0.39, 0.29) is 10.8 Å². The van der Waals surface area contributed by atoms with Gasteiger partial charge in [0.25, 0.3) is 0 Å². The molecule has 2 rings (SSSR count). The molecule has 0 aliphatic heterocycles. The Balaban J connectivity index is 1.88. The van der Waals surface area contributed by atoms with E-state index in [1.54, 1.807) is 24.3 Å². The monoisotopic (exact) mass is 468 g/mol. The second-order valence-electron chi connectivity index (χ2n) is 5.59. The molecule has 10 heteroatoms. The molecule has 0 aromatic heterocycles. The summed E-state index contributed by atoms with van der Waals surface area (Å²) in [5.41, 5.74) is 0.798. The summed E-state index contributed by atoms with van der Waals surface area (Å²) < 4.78 is 31.9. The zero-order valence-electron chi connectivity index (χ0n) is 14.8. The van der Waals surface area contributed by atoms with Crippen molar-refractivity contribution in [1.29, 1.82) is 0 Å². The molecule has 0 heterocycles. The first-order valence-corrected chi connectivity index (χ1v) is 10.3. The van der Waals surface area contributed by atoms with Crippen molar-refractivity contribution < 1.29 is 27.5 Å². The van der Waals surface area contributed by atoms with Gasteiger partial charge in [-0.25, -0.2) is 8.42 Å². The van der Waals surface area contributed by atoms with Crippen LogP contribution >= 0.6 is 15.9 Å². The third kappa shape index (κ3) is 6.25. The zero-order chi connectivity index (χ0) is 20.7. The minimum absolute atomic E-state index is 0.0845. The molecule has 148 valence electrons. The standard InChI is InChI=1S/C18H17BrN2O6S/c1-12(22)21-13-6-8-14(9-7-13)28(25,26)20-10-18(24)27-11-17(23)15-4-2-3-5-16(15)19/h2-9,20H,10-11H2,1H3,(H,21,22). The molecule has 0 spiro atoms. The molecule has 1 amide bonds. The minimum atomic E-state index is -3.95. The number of sulfonamides is 1. The summed E-state index contributed by atoms with van der Waals surface area (Å²) in [4.78, 5) is 34.7. The lowest BCUT2D eigenvalue weighted by Gasteiger charge is -2.09. The van der Waals surface area contributed by atoms with Gasteiger partial charge in [-0.05, 0) is 30.3 Å². The van der Waals surface area contributed by atoms with Crippen LogP contribution in [0.3, 0.4) is 0 Å². The number of esters is 1. The molecule has 2 aromatic rings. The van der Waals surface area contributed by atoms with Crippen LogP contribution in [-0.2, 0) is 24.3 Å². The third-order valence-electron chi connectivity index (χ3n) is 3.43. The van der Waals surface area contributed by atoms with Crippen molar-refractivity contribution in [2.75, 3.05) is 18.5 Å². The Kier molecular flexibility index (Phi) is 7.44. The van der Waals surface area contributed by atoms with Gasteiger partial charge in [-0.15, -0.1) is 0 Å². The molecule has 0 saturated heterocycles. The molecule has 0 aliphatic rings. The number of nitrogens with one attached hydrogen (secondary N) is 2. The fourth-order valence-corrected chi connectivity index (χ4v) is 3.59. The zero-order valence-corrected chi connectivity index (χ0v) is 17.2. The van der Waals surface area contributed by atoms with E-state index in [0.29, 0.717) is 15.7 Å². The first-order chi connectivity index (χ1) is 13.2. The summed E-state index contributed by atoms with van der Waals surface area (Å²) >= 11 is 3.23. The van der Waals surface area contributed by atoms with Gasteiger partial charge in [0.1, 0.15) is 6.54 Å². The summed E-state index contributed by atoms with van der Waals surface area (Å²) in [5, 5.41) is 2.51. The lowest BCUT2D eigenvalue weighted by molar-refractivity contribution is -0.141. The largest absolute Gasteiger partial charge is 0.456 e. The van der Waals surface area contributed by atoms with Crippen molar-refractivity contribution in [3.8, 4) is 0 Å². The summed E-state index contributed by atoms with van der Waals surface area (Å²) in [6, 6.07) is 12.1. The Morgan fingerprint density at radius 1 is 1.04 bits per heavy atom. The predicted molar refractivity (Wildman–Crippen MR) is 105 cm³/mol. The molecule has 0 radical (unpaired) electrons. The van der Waals surface area contributed by atoms with Crippen LogP contribution in [0.1, 0.15) is 17.3 Å². The first kappa shape index (κ1) is 21.7. The highest BCUT2D eigenvalue weighted by atomic mass is 79.9. The Hall–Kier alpha value is -2.56. The molecule has 8 nitrogen and oxygen atoms in total. The van der Waals surface area contributed by atoms with Crippen LogP contribution in [0.4, 0.5) is 5.69 Å². The Bertz CT molecular complexity index is 989. The van der Waals surface area contributed by atoms with Gasteiger partial charge in [0.2, 0.25) is 21.7 Å². The number of amides is 1. The van der Waals surface area contributed by atoms with Crippen LogP contribution < -0.4 is 10.0 Å². The Morgan fingerprint density at radius 3 is 2.29 bits per heavy atom. The average Bonchev–Trinajstić information content (AvgIpc) is 2.65.